The molecule has 2 fully saturated rings. The maximum atomic E-state index is 11.9. The van der Waals surface area contributed by atoms with Crippen molar-refractivity contribution in [2.24, 2.45) is 5.92 Å². The first-order valence-electron chi connectivity index (χ1n) is 7.85. The molecule has 0 aromatic carbocycles. The predicted molar refractivity (Wildman–Crippen MR) is 83.5 cm³/mol. The second kappa shape index (κ2) is 5.15. The van der Waals surface area contributed by atoms with Crippen LogP contribution in [0.2, 0.25) is 0 Å². The molecule has 1 aliphatic carbocycles. The lowest BCUT2D eigenvalue weighted by Crippen LogP contribution is -2.48. The summed E-state index contributed by atoms with van der Waals surface area (Å²) in [5.41, 5.74) is 6.71. The average Bonchev–Trinajstić information content (AvgIpc) is 3.28. The number of piperidine rings is 1. The predicted octanol–water partition coefficient (Wildman–Crippen LogP) is 0.806. The van der Waals surface area contributed by atoms with Crippen molar-refractivity contribution in [1.29, 1.82) is 0 Å². The van der Waals surface area contributed by atoms with Crippen molar-refractivity contribution < 1.29 is 4.79 Å². The fourth-order valence-corrected chi connectivity index (χ4v) is 3.11. The number of nitrogens with two attached hydrogens (primary N) is 1. The first kappa shape index (κ1) is 13.4. The van der Waals surface area contributed by atoms with Crippen molar-refractivity contribution in [3.63, 3.8) is 0 Å². The number of anilines is 2. The summed E-state index contributed by atoms with van der Waals surface area (Å²) >= 11 is 0. The smallest absolute Gasteiger partial charge is 0.223 e. The largest absolute Gasteiger partial charge is 0.382 e. The van der Waals surface area contributed by atoms with Gasteiger partial charge in [-0.2, -0.15) is 0 Å². The summed E-state index contributed by atoms with van der Waals surface area (Å²) in [5.74, 6) is 1.83. The number of nitrogens with zero attached hydrogens (tertiary/aromatic N) is 4. The van der Waals surface area contributed by atoms with Gasteiger partial charge in [0.25, 0.3) is 0 Å². The minimum atomic E-state index is 0.202. The molecule has 1 saturated carbocycles. The van der Waals surface area contributed by atoms with Crippen LogP contribution in [-0.2, 0) is 4.79 Å². The van der Waals surface area contributed by atoms with Crippen molar-refractivity contribution in [3.05, 3.63) is 18.6 Å². The number of rotatable bonds is 3. The molecule has 1 aliphatic heterocycles. The molecule has 3 N–H and O–H groups in total. The molecule has 4 rings (SSSR count). The van der Waals surface area contributed by atoms with Crippen LogP contribution in [0.15, 0.2) is 18.6 Å². The van der Waals surface area contributed by atoms with Crippen molar-refractivity contribution in [1.82, 2.24) is 19.7 Å². The Morgan fingerprint density at radius 1 is 1.32 bits per heavy atom. The maximum absolute atomic E-state index is 11.9. The zero-order chi connectivity index (χ0) is 15.1. The molecule has 1 atom stereocenters. The zero-order valence-corrected chi connectivity index (χ0v) is 12.4. The van der Waals surface area contributed by atoms with Gasteiger partial charge in [-0.1, -0.05) is 0 Å². The normalized spacial score (nSPS) is 22.0. The Morgan fingerprint density at radius 2 is 2.18 bits per heavy atom. The highest BCUT2D eigenvalue weighted by atomic mass is 16.2. The quantitative estimate of drug-likeness (QED) is 0.875. The van der Waals surface area contributed by atoms with Crippen LogP contribution >= 0.6 is 0 Å². The van der Waals surface area contributed by atoms with E-state index >= 15 is 0 Å². The Balaban J connectivity index is 1.53. The lowest BCUT2D eigenvalue weighted by atomic mass is 10.1. The van der Waals surface area contributed by atoms with E-state index in [1.54, 1.807) is 12.4 Å². The van der Waals surface area contributed by atoms with E-state index in [1.165, 1.54) is 0 Å². The summed E-state index contributed by atoms with van der Waals surface area (Å²) in [4.78, 5) is 22.7. The molecule has 0 spiro atoms. The number of carbonyl (C=O) groups is 1. The lowest BCUT2D eigenvalue weighted by Gasteiger charge is -2.33. The van der Waals surface area contributed by atoms with Gasteiger partial charge in [0.2, 0.25) is 11.9 Å². The average molecular weight is 300 g/mol. The van der Waals surface area contributed by atoms with E-state index in [9.17, 15) is 4.79 Å². The number of fused-ring (bicyclic) bond motifs is 1. The summed E-state index contributed by atoms with van der Waals surface area (Å²) in [6, 6.07) is 0.202. The Labute approximate surface area is 128 Å². The number of amides is 1. The van der Waals surface area contributed by atoms with Gasteiger partial charge in [-0.25, -0.2) is 9.97 Å². The third-order valence-corrected chi connectivity index (χ3v) is 4.47. The van der Waals surface area contributed by atoms with Gasteiger partial charge in [0, 0.05) is 37.4 Å². The monoisotopic (exact) mass is 300 g/mol. The second-order valence-corrected chi connectivity index (χ2v) is 6.19. The van der Waals surface area contributed by atoms with Gasteiger partial charge in [0.1, 0.15) is 11.3 Å². The van der Waals surface area contributed by atoms with Crippen molar-refractivity contribution >= 4 is 23.2 Å². The number of hydrogen-bond donors (Lipinski definition) is 2. The van der Waals surface area contributed by atoms with Crippen LogP contribution < -0.4 is 16.0 Å². The van der Waals surface area contributed by atoms with Crippen molar-refractivity contribution in [2.45, 2.75) is 31.7 Å². The van der Waals surface area contributed by atoms with Crippen LogP contribution in [0.4, 0.5) is 11.8 Å². The van der Waals surface area contributed by atoms with E-state index in [-0.39, 0.29) is 17.9 Å². The van der Waals surface area contributed by atoms with E-state index in [1.807, 2.05) is 10.6 Å². The van der Waals surface area contributed by atoms with E-state index in [0.717, 1.165) is 50.2 Å². The van der Waals surface area contributed by atoms with Gasteiger partial charge in [-0.3, -0.25) is 9.20 Å². The zero-order valence-electron chi connectivity index (χ0n) is 12.4. The van der Waals surface area contributed by atoms with E-state index in [0.29, 0.717) is 5.82 Å². The van der Waals surface area contributed by atoms with Crippen molar-refractivity contribution in [3.8, 4) is 0 Å². The fraction of sp³-hybridized carbons (Fsp3) is 0.533. The van der Waals surface area contributed by atoms with Gasteiger partial charge in [-0.15, -0.1) is 0 Å². The summed E-state index contributed by atoms with van der Waals surface area (Å²) in [6.45, 7) is 1.73. The second-order valence-electron chi connectivity index (χ2n) is 6.19. The van der Waals surface area contributed by atoms with Crippen LogP contribution in [0.1, 0.15) is 25.7 Å². The molecule has 7 heteroatoms. The van der Waals surface area contributed by atoms with E-state index in [2.05, 4.69) is 20.2 Å². The van der Waals surface area contributed by atoms with Crippen LogP contribution in [0.3, 0.4) is 0 Å². The van der Waals surface area contributed by atoms with Gasteiger partial charge in [0.05, 0.1) is 6.20 Å². The van der Waals surface area contributed by atoms with Gasteiger partial charge in [0.15, 0.2) is 0 Å². The molecule has 0 radical (unpaired) electrons. The molecular formula is C15H20N6O. The summed E-state index contributed by atoms with van der Waals surface area (Å²) in [6.07, 6.45) is 9.47. The molecule has 116 valence electrons. The highest BCUT2D eigenvalue weighted by Crippen LogP contribution is 2.29. The van der Waals surface area contributed by atoms with Crippen LogP contribution in [0.5, 0.6) is 0 Å². The molecule has 2 aromatic heterocycles. The van der Waals surface area contributed by atoms with Gasteiger partial charge in [-0.05, 0) is 25.7 Å². The molecule has 7 nitrogen and oxygen atoms in total. The first-order valence-corrected chi connectivity index (χ1v) is 7.85. The minimum absolute atomic E-state index is 0.202. The SMILES string of the molecule is Nc1nccn2c(N3CCCC(NC(=O)C4CC4)C3)ncc12. The molecule has 22 heavy (non-hydrogen) atoms. The maximum Gasteiger partial charge on any atom is 0.223 e. The highest BCUT2D eigenvalue weighted by molar-refractivity contribution is 5.81. The van der Waals surface area contributed by atoms with Crippen LogP contribution in [0, 0.1) is 5.92 Å². The standard InChI is InChI=1S/C15H20N6O/c16-13-12-8-18-15(21(12)7-5-17-13)20-6-1-2-11(9-20)19-14(22)10-3-4-10/h5,7-8,10-11H,1-4,6,9H2,(H2,16,17)(H,19,22). The number of hydrogen-bond acceptors (Lipinski definition) is 5. The number of aromatic nitrogens is 3. The Bertz CT molecular complexity index is 707. The summed E-state index contributed by atoms with van der Waals surface area (Å²) in [7, 11) is 0. The third kappa shape index (κ3) is 2.36. The number of imidazole rings is 1. The minimum Gasteiger partial charge on any atom is -0.382 e. The number of nitrogens with one attached hydrogen (secondary N) is 1. The van der Waals surface area contributed by atoms with Gasteiger partial charge < -0.3 is 16.0 Å². The van der Waals surface area contributed by atoms with Crippen LogP contribution in [-0.4, -0.2) is 39.4 Å². The summed E-state index contributed by atoms with van der Waals surface area (Å²) in [5, 5.41) is 3.18. The number of carbonyl (C=O) groups excluding carboxylic acids is 1. The molecule has 2 aromatic rings. The molecular weight excluding hydrogens is 280 g/mol. The molecule has 2 aliphatic rings. The molecule has 1 amide bonds. The van der Waals surface area contributed by atoms with Gasteiger partial charge >= 0.3 is 0 Å². The highest BCUT2D eigenvalue weighted by Gasteiger charge is 2.32. The third-order valence-electron chi connectivity index (χ3n) is 4.47. The topological polar surface area (TPSA) is 88.5 Å². The number of nitrogen functional groups attached to an aromatic ring is 1. The van der Waals surface area contributed by atoms with Crippen molar-refractivity contribution in [2.75, 3.05) is 23.7 Å². The Hall–Kier alpha value is -2.31. The van der Waals surface area contributed by atoms with Crippen LogP contribution in [0.25, 0.3) is 5.52 Å². The molecule has 3 heterocycles. The Morgan fingerprint density at radius 3 is 3.00 bits per heavy atom. The van der Waals surface area contributed by atoms with E-state index < -0.39 is 0 Å². The van der Waals surface area contributed by atoms with E-state index in [4.69, 9.17) is 5.73 Å². The molecule has 1 unspecified atom stereocenters. The lowest BCUT2D eigenvalue weighted by molar-refractivity contribution is -0.123. The Kier molecular flexibility index (Phi) is 3.13. The first-order chi connectivity index (χ1) is 10.7. The molecule has 1 saturated heterocycles. The fourth-order valence-electron chi connectivity index (χ4n) is 3.11. The molecule has 0 bridgehead atoms. The summed E-state index contributed by atoms with van der Waals surface area (Å²) < 4.78 is 1.97.